The van der Waals surface area contributed by atoms with E-state index in [9.17, 15) is 5.26 Å². The highest BCUT2D eigenvalue weighted by Gasteiger charge is 2.12. The number of nitriles is 1. The number of nitrogen functional groups attached to an aromatic ring is 1. The summed E-state index contributed by atoms with van der Waals surface area (Å²) in [6.45, 7) is 0. The zero-order valence-corrected chi connectivity index (χ0v) is 9.85. The molecule has 0 heterocycles. The third-order valence-electron chi connectivity index (χ3n) is 2.60. The molecule has 0 radical (unpaired) electrons. The Bertz CT molecular complexity index is 492. The maximum Gasteiger partial charge on any atom is 0.0962 e. The van der Waals surface area contributed by atoms with Crippen LogP contribution in [0.5, 0.6) is 0 Å². The summed E-state index contributed by atoms with van der Waals surface area (Å²) in [6, 6.07) is 17.0. The second kappa shape index (κ2) is 4.90. The maximum absolute atomic E-state index is 9.26. The first kappa shape index (κ1) is 11.5. The van der Waals surface area contributed by atoms with Crippen molar-refractivity contribution in [1.29, 1.82) is 5.26 Å². The van der Waals surface area contributed by atoms with Gasteiger partial charge < -0.3 is 5.73 Å². The predicted molar refractivity (Wildman–Crippen MR) is 69.8 cm³/mol. The normalized spacial score (nSPS) is 11.8. The van der Waals surface area contributed by atoms with Crippen LogP contribution in [-0.4, -0.2) is 0 Å². The first-order chi connectivity index (χ1) is 8.20. The van der Waals surface area contributed by atoms with Gasteiger partial charge in [-0.05, 0) is 35.4 Å². The molecule has 0 bridgehead atoms. The van der Waals surface area contributed by atoms with Crippen LogP contribution in [0.15, 0.2) is 48.5 Å². The Morgan fingerprint density at radius 1 is 0.941 bits per heavy atom. The molecule has 0 spiro atoms. The molecule has 2 rings (SSSR count). The second-order valence-corrected chi connectivity index (χ2v) is 4.22. The SMILES string of the molecule is N#CC(c1ccc(N)cc1)c1ccc(Cl)cc1. The highest BCUT2D eigenvalue weighted by atomic mass is 35.5. The van der Waals surface area contributed by atoms with E-state index in [1.165, 1.54) is 0 Å². The molecule has 0 fully saturated rings. The van der Waals surface area contributed by atoms with Crippen LogP contribution >= 0.6 is 11.6 Å². The highest BCUT2D eigenvalue weighted by Crippen LogP contribution is 2.25. The van der Waals surface area contributed by atoms with E-state index in [4.69, 9.17) is 17.3 Å². The largest absolute Gasteiger partial charge is 0.399 e. The fraction of sp³-hybridized carbons (Fsp3) is 0.0714. The Morgan fingerprint density at radius 2 is 1.41 bits per heavy atom. The molecule has 1 unspecified atom stereocenters. The smallest absolute Gasteiger partial charge is 0.0962 e. The van der Waals surface area contributed by atoms with Gasteiger partial charge in [-0.2, -0.15) is 5.26 Å². The van der Waals surface area contributed by atoms with Crippen LogP contribution in [0.2, 0.25) is 5.02 Å². The minimum absolute atomic E-state index is 0.284. The van der Waals surface area contributed by atoms with E-state index in [-0.39, 0.29) is 5.92 Å². The molecule has 2 N–H and O–H groups in total. The topological polar surface area (TPSA) is 49.8 Å². The van der Waals surface area contributed by atoms with E-state index < -0.39 is 0 Å². The van der Waals surface area contributed by atoms with Crippen LogP contribution < -0.4 is 5.73 Å². The molecule has 1 atom stereocenters. The van der Waals surface area contributed by atoms with E-state index in [1.807, 2.05) is 24.3 Å². The Morgan fingerprint density at radius 3 is 1.88 bits per heavy atom. The van der Waals surface area contributed by atoms with Crippen LogP contribution in [0.4, 0.5) is 5.69 Å². The summed E-state index contributed by atoms with van der Waals surface area (Å²) in [5, 5.41) is 9.93. The fourth-order valence-electron chi connectivity index (χ4n) is 1.69. The van der Waals surface area contributed by atoms with Crippen LogP contribution in [0.3, 0.4) is 0 Å². The molecular formula is C14H11ClN2. The summed E-state index contributed by atoms with van der Waals surface area (Å²) in [7, 11) is 0. The van der Waals surface area contributed by atoms with Gasteiger partial charge in [0.15, 0.2) is 0 Å². The van der Waals surface area contributed by atoms with Crippen molar-refractivity contribution < 1.29 is 0 Å². The average Bonchev–Trinajstić information content (AvgIpc) is 2.35. The van der Waals surface area contributed by atoms with Gasteiger partial charge in [0.2, 0.25) is 0 Å². The van der Waals surface area contributed by atoms with Gasteiger partial charge in [-0.1, -0.05) is 35.9 Å². The zero-order valence-electron chi connectivity index (χ0n) is 9.10. The number of hydrogen-bond donors (Lipinski definition) is 1. The van der Waals surface area contributed by atoms with Crippen molar-refractivity contribution in [3.63, 3.8) is 0 Å². The molecule has 17 heavy (non-hydrogen) atoms. The Kier molecular flexibility index (Phi) is 3.32. The van der Waals surface area contributed by atoms with Crippen molar-refractivity contribution in [2.45, 2.75) is 5.92 Å². The quantitative estimate of drug-likeness (QED) is 0.819. The highest BCUT2D eigenvalue weighted by molar-refractivity contribution is 6.30. The van der Waals surface area contributed by atoms with Crippen molar-refractivity contribution in [2.24, 2.45) is 0 Å². The number of hydrogen-bond acceptors (Lipinski definition) is 2. The first-order valence-electron chi connectivity index (χ1n) is 5.21. The molecule has 0 aliphatic rings. The number of anilines is 1. The molecule has 3 heteroatoms. The van der Waals surface area contributed by atoms with Crippen molar-refractivity contribution in [3.8, 4) is 6.07 Å². The monoisotopic (exact) mass is 242 g/mol. The van der Waals surface area contributed by atoms with E-state index in [1.54, 1.807) is 24.3 Å². The van der Waals surface area contributed by atoms with Gasteiger partial charge >= 0.3 is 0 Å². The van der Waals surface area contributed by atoms with E-state index >= 15 is 0 Å². The van der Waals surface area contributed by atoms with Crippen molar-refractivity contribution >= 4 is 17.3 Å². The fourth-order valence-corrected chi connectivity index (χ4v) is 1.81. The average molecular weight is 243 g/mol. The van der Waals surface area contributed by atoms with Gasteiger partial charge in [0, 0.05) is 10.7 Å². The Labute approximate surface area is 105 Å². The van der Waals surface area contributed by atoms with Crippen LogP contribution in [0.1, 0.15) is 17.0 Å². The van der Waals surface area contributed by atoms with Gasteiger partial charge in [-0.15, -0.1) is 0 Å². The second-order valence-electron chi connectivity index (χ2n) is 3.78. The summed E-state index contributed by atoms with van der Waals surface area (Å²) in [5.74, 6) is -0.284. The Hall–Kier alpha value is -1.98. The molecule has 0 saturated carbocycles. The van der Waals surface area contributed by atoms with Crippen LogP contribution in [0.25, 0.3) is 0 Å². The lowest BCUT2D eigenvalue weighted by Crippen LogP contribution is -1.98. The van der Waals surface area contributed by atoms with Gasteiger partial charge in [-0.3, -0.25) is 0 Å². The number of halogens is 1. The molecule has 0 amide bonds. The van der Waals surface area contributed by atoms with Crippen molar-refractivity contribution in [2.75, 3.05) is 5.73 Å². The summed E-state index contributed by atoms with van der Waals surface area (Å²) < 4.78 is 0. The lowest BCUT2D eigenvalue weighted by Gasteiger charge is -2.10. The molecular weight excluding hydrogens is 232 g/mol. The summed E-state index contributed by atoms with van der Waals surface area (Å²) >= 11 is 5.83. The molecule has 2 nitrogen and oxygen atoms in total. The molecule has 2 aromatic carbocycles. The summed E-state index contributed by atoms with van der Waals surface area (Å²) in [4.78, 5) is 0. The van der Waals surface area contributed by atoms with E-state index in [2.05, 4.69) is 6.07 Å². The maximum atomic E-state index is 9.26. The summed E-state index contributed by atoms with van der Waals surface area (Å²) in [5.41, 5.74) is 8.19. The first-order valence-corrected chi connectivity index (χ1v) is 5.59. The number of benzene rings is 2. The van der Waals surface area contributed by atoms with Crippen LogP contribution in [-0.2, 0) is 0 Å². The molecule has 84 valence electrons. The summed E-state index contributed by atoms with van der Waals surface area (Å²) in [6.07, 6.45) is 0. The third-order valence-corrected chi connectivity index (χ3v) is 2.85. The number of nitrogens with zero attached hydrogens (tertiary/aromatic N) is 1. The zero-order chi connectivity index (χ0) is 12.3. The van der Waals surface area contributed by atoms with Gasteiger partial charge in [0.25, 0.3) is 0 Å². The lowest BCUT2D eigenvalue weighted by molar-refractivity contribution is 1.04. The van der Waals surface area contributed by atoms with Crippen molar-refractivity contribution in [1.82, 2.24) is 0 Å². The predicted octanol–water partition coefficient (Wildman–Crippen LogP) is 3.58. The molecule has 2 aromatic rings. The number of rotatable bonds is 2. The lowest BCUT2D eigenvalue weighted by atomic mass is 9.93. The standard InChI is InChI=1S/C14H11ClN2/c15-12-5-1-10(2-6-12)14(9-16)11-3-7-13(17)8-4-11/h1-8,14H,17H2. The van der Waals surface area contributed by atoms with Gasteiger partial charge in [0.1, 0.15) is 0 Å². The Balaban J connectivity index is 2.37. The van der Waals surface area contributed by atoms with Crippen molar-refractivity contribution in [3.05, 3.63) is 64.7 Å². The van der Waals surface area contributed by atoms with Gasteiger partial charge in [0.05, 0.1) is 12.0 Å². The van der Waals surface area contributed by atoms with E-state index in [0.29, 0.717) is 10.7 Å². The third kappa shape index (κ3) is 2.58. The molecule has 0 saturated heterocycles. The van der Waals surface area contributed by atoms with Crippen LogP contribution in [0, 0.1) is 11.3 Å². The molecule has 0 aliphatic heterocycles. The molecule has 0 aromatic heterocycles. The minimum atomic E-state index is -0.284. The van der Waals surface area contributed by atoms with Gasteiger partial charge in [-0.25, -0.2) is 0 Å². The van der Waals surface area contributed by atoms with E-state index in [0.717, 1.165) is 11.1 Å². The molecule has 0 aliphatic carbocycles. The minimum Gasteiger partial charge on any atom is -0.399 e. The number of nitrogens with two attached hydrogens (primary N) is 1.